The van der Waals surface area contributed by atoms with Crippen LogP contribution in [0, 0.1) is 6.92 Å². The van der Waals surface area contributed by atoms with Crippen molar-refractivity contribution in [2.24, 2.45) is 4.99 Å². The average Bonchev–Trinajstić information content (AvgIpc) is 2.94. The highest BCUT2D eigenvalue weighted by molar-refractivity contribution is 5.95. The summed E-state index contributed by atoms with van der Waals surface area (Å²) in [5, 5.41) is 13.5. The van der Waals surface area contributed by atoms with Gasteiger partial charge in [-0.2, -0.15) is 0 Å². The molecule has 102 valence electrons. The van der Waals surface area contributed by atoms with Crippen LogP contribution in [0.5, 0.6) is 0 Å². The van der Waals surface area contributed by atoms with Crippen LogP contribution < -0.4 is 10.9 Å². The number of pyridine rings is 1. The molecule has 3 rings (SSSR count). The van der Waals surface area contributed by atoms with Crippen molar-refractivity contribution in [1.82, 2.24) is 14.7 Å². The van der Waals surface area contributed by atoms with Gasteiger partial charge in [0.25, 0.3) is 5.56 Å². The molecule has 3 heterocycles. The Balaban J connectivity index is 2.05. The van der Waals surface area contributed by atoms with Crippen molar-refractivity contribution in [2.75, 3.05) is 11.9 Å². The molecule has 0 amide bonds. The molecule has 7 nitrogen and oxygen atoms in total. The van der Waals surface area contributed by atoms with Gasteiger partial charge in [-0.1, -0.05) is 6.08 Å². The summed E-state index contributed by atoms with van der Waals surface area (Å²) in [7, 11) is 0. The number of anilines is 1. The van der Waals surface area contributed by atoms with Gasteiger partial charge in [0, 0.05) is 24.4 Å². The molecule has 2 aromatic rings. The van der Waals surface area contributed by atoms with Crippen LogP contribution in [0.4, 0.5) is 5.69 Å². The Morgan fingerprint density at radius 3 is 3.05 bits per heavy atom. The number of fused-ring (bicyclic) bond motifs is 1. The lowest BCUT2D eigenvalue weighted by molar-refractivity contribution is 0.186. The molecule has 0 spiro atoms. The minimum atomic E-state index is -0.537. The molecule has 0 fully saturated rings. The fourth-order valence-corrected chi connectivity index (χ4v) is 2.15. The van der Waals surface area contributed by atoms with Gasteiger partial charge in [-0.25, -0.2) is 9.97 Å². The lowest BCUT2D eigenvalue weighted by atomic mass is 10.2. The first-order valence-corrected chi connectivity index (χ1v) is 6.18. The van der Waals surface area contributed by atoms with E-state index in [0.717, 1.165) is 12.1 Å². The van der Waals surface area contributed by atoms with Crippen LogP contribution >= 0.6 is 0 Å². The maximum absolute atomic E-state index is 11.7. The molecule has 0 aliphatic carbocycles. The second-order valence-electron chi connectivity index (χ2n) is 4.50. The predicted octanol–water partition coefficient (Wildman–Crippen LogP) is 1.11. The second kappa shape index (κ2) is 4.76. The highest BCUT2D eigenvalue weighted by atomic mass is 16.5. The zero-order chi connectivity index (χ0) is 14.1. The first kappa shape index (κ1) is 12.3. The molecule has 0 saturated carbocycles. The Bertz CT molecular complexity index is 791. The molecule has 0 radical (unpaired) electrons. The molecule has 1 aliphatic heterocycles. The Hall–Kier alpha value is -2.70. The predicted molar refractivity (Wildman–Crippen MR) is 75.4 cm³/mol. The fourth-order valence-electron chi connectivity index (χ4n) is 2.15. The molecule has 2 N–H and O–H groups in total. The Morgan fingerprint density at radius 2 is 2.30 bits per heavy atom. The first-order valence-electron chi connectivity index (χ1n) is 6.18. The van der Waals surface area contributed by atoms with E-state index in [1.165, 1.54) is 12.4 Å². The number of hydrogen-bond acceptors (Lipinski definition) is 6. The fraction of sp³-hybridized carbons (Fsp3) is 0.231. The highest BCUT2D eigenvalue weighted by Gasteiger charge is 2.13. The summed E-state index contributed by atoms with van der Waals surface area (Å²) in [5.74, 6) is 0. The van der Waals surface area contributed by atoms with Crippen molar-refractivity contribution < 1.29 is 5.21 Å². The second-order valence-corrected chi connectivity index (χ2v) is 4.50. The van der Waals surface area contributed by atoms with Gasteiger partial charge in [-0.05, 0) is 6.92 Å². The minimum absolute atomic E-state index is 0.194. The van der Waals surface area contributed by atoms with Gasteiger partial charge >= 0.3 is 0 Å². The summed E-state index contributed by atoms with van der Waals surface area (Å²) in [6.45, 7) is 2.33. The van der Waals surface area contributed by atoms with Crippen molar-refractivity contribution in [3.63, 3.8) is 0 Å². The third-order valence-electron chi connectivity index (χ3n) is 3.16. The number of aryl methyl sites for hydroxylation is 1. The van der Waals surface area contributed by atoms with Crippen molar-refractivity contribution >= 4 is 22.4 Å². The molecular weight excluding hydrogens is 258 g/mol. The van der Waals surface area contributed by atoms with Gasteiger partial charge in [0.2, 0.25) is 0 Å². The van der Waals surface area contributed by atoms with Gasteiger partial charge in [0.15, 0.2) is 5.65 Å². The molecule has 0 atom stereocenters. The van der Waals surface area contributed by atoms with Crippen LogP contribution in [0.3, 0.4) is 0 Å². The van der Waals surface area contributed by atoms with E-state index >= 15 is 0 Å². The monoisotopic (exact) mass is 271 g/mol. The number of aromatic nitrogens is 3. The average molecular weight is 271 g/mol. The summed E-state index contributed by atoms with van der Waals surface area (Å²) < 4.78 is 0.532. The van der Waals surface area contributed by atoms with Crippen molar-refractivity contribution in [2.45, 2.75) is 13.3 Å². The van der Waals surface area contributed by atoms with Crippen LogP contribution in [0.2, 0.25) is 0 Å². The van der Waals surface area contributed by atoms with Crippen molar-refractivity contribution in [3.05, 3.63) is 40.7 Å². The summed E-state index contributed by atoms with van der Waals surface area (Å²) >= 11 is 0. The lowest BCUT2D eigenvalue weighted by Gasteiger charge is -2.11. The molecule has 0 unspecified atom stereocenters. The van der Waals surface area contributed by atoms with E-state index in [0.29, 0.717) is 28.0 Å². The third-order valence-corrected chi connectivity index (χ3v) is 3.16. The van der Waals surface area contributed by atoms with E-state index in [1.807, 2.05) is 6.08 Å². The zero-order valence-corrected chi connectivity index (χ0v) is 10.9. The van der Waals surface area contributed by atoms with Gasteiger partial charge in [-0.3, -0.25) is 9.79 Å². The normalized spacial score (nSPS) is 13.8. The SMILES string of the molecule is Cc1ncnc2c1c(NCC1=NC=CC1)cc(=O)n2O. The van der Waals surface area contributed by atoms with Crippen LogP contribution in [0.15, 0.2) is 34.5 Å². The van der Waals surface area contributed by atoms with Gasteiger partial charge < -0.3 is 10.5 Å². The quantitative estimate of drug-likeness (QED) is 0.816. The summed E-state index contributed by atoms with van der Waals surface area (Å²) in [4.78, 5) is 24.0. The van der Waals surface area contributed by atoms with E-state index in [4.69, 9.17) is 0 Å². The van der Waals surface area contributed by atoms with Gasteiger partial charge in [0.1, 0.15) is 6.33 Å². The van der Waals surface area contributed by atoms with E-state index < -0.39 is 5.56 Å². The Kier molecular flexibility index (Phi) is 2.94. The molecule has 1 aliphatic rings. The van der Waals surface area contributed by atoms with Crippen molar-refractivity contribution in [3.8, 4) is 0 Å². The molecule has 7 heteroatoms. The maximum atomic E-state index is 11.7. The number of rotatable bonds is 3. The van der Waals surface area contributed by atoms with Crippen LogP contribution in [-0.4, -0.2) is 32.2 Å². The smallest absolute Gasteiger partial charge is 0.286 e. The van der Waals surface area contributed by atoms with Crippen LogP contribution in [-0.2, 0) is 0 Å². The summed E-state index contributed by atoms with van der Waals surface area (Å²) in [6, 6.07) is 1.33. The Morgan fingerprint density at radius 1 is 1.45 bits per heavy atom. The largest absolute Gasteiger partial charge is 0.423 e. The number of allylic oxidation sites excluding steroid dienone is 1. The summed E-state index contributed by atoms with van der Waals surface area (Å²) in [5.41, 5.74) is 1.93. The number of aliphatic imine (C=N–C) groups is 1. The first-order chi connectivity index (χ1) is 9.66. The topological polar surface area (TPSA) is 92.4 Å². The molecule has 0 bridgehead atoms. The number of hydrogen-bond donors (Lipinski definition) is 2. The van der Waals surface area contributed by atoms with Crippen LogP contribution in [0.1, 0.15) is 12.1 Å². The van der Waals surface area contributed by atoms with E-state index in [9.17, 15) is 10.0 Å². The summed E-state index contributed by atoms with van der Waals surface area (Å²) in [6.07, 6.45) is 5.85. The number of nitrogens with one attached hydrogen (secondary N) is 1. The van der Waals surface area contributed by atoms with E-state index in [-0.39, 0.29) is 5.65 Å². The van der Waals surface area contributed by atoms with Gasteiger partial charge in [-0.15, -0.1) is 4.73 Å². The van der Waals surface area contributed by atoms with Crippen LogP contribution in [0.25, 0.3) is 11.0 Å². The third kappa shape index (κ3) is 2.03. The van der Waals surface area contributed by atoms with E-state index in [1.54, 1.807) is 13.1 Å². The van der Waals surface area contributed by atoms with Gasteiger partial charge in [0.05, 0.1) is 23.3 Å². The number of nitrogens with zero attached hydrogens (tertiary/aromatic N) is 4. The molecule has 20 heavy (non-hydrogen) atoms. The Labute approximate surface area is 114 Å². The maximum Gasteiger partial charge on any atom is 0.286 e. The van der Waals surface area contributed by atoms with Crippen molar-refractivity contribution in [1.29, 1.82) is 0 Å². The highest BCUT2D eigenvalue weighted by Crippen LogP contribution is 2.21. The van der Waals surface area contributed by atoms with E-state index in [2.05, 4.69) is 20.3 Å². The lowest BCUT2D eigenvalue weighted by Crippen LogP contribution is -2.21. The molecular formula is C13H13N5O2. The standard InChI is InChI=1S/C13H13N5O2/c1-8-12-10(15-6-9-3-2-4-14-9)5-11(19)18(20)13(12)17-7-16-8/h2,4-5,7,15,20H,3,6H2,1H3. The minimum Gasteiger partial charge on any atom is -0.423 e. The molecule has 0 saturated heterocycles. The molecule has 0 aromatic carbocycles. The zero-order valence-electron chi connectivity index (χ0n) is 10.9. The molecule has 2 aromatic heterocycles.